The molecule has 0 saturated heterocycles. The van der Waals surface area contributed by atoms with Crippen LogP contribution in [0.5, 0.6) is 0 Å². The van der Waals surface area contributed by atoms with Gasteiger partial charge in [-0.1, -0.05) is 11.2 Å². The predicted octanol–water partition coefficient (Wildman–Crippen LogP) is 8.33. The van der Waals surface area contributed by atoms with Gasteiger partial charge in [0.15, 0.2) is 5.82 Å². The molecule has 8 bridgehead atoms. The fourth-order valence-electron chi connectivity index (χ4n) is 11.7. The second kappa shape index (κ2) is 10.3. The lowest BCUT2D eigenvalue weighted by Gasteiger charge is -2.60. The van der Waals surface area contributed by atoms with E-state index in [1.54, 1.807) is 11.3 Å². The lowest BCUT2D eigenvalue weighted by atomic mass is 9.49. The van der Waals surface area contributed by atoms with E-state index >= 15 is 0 Å². The first kappa shape index (κ1) is 27.8. The Labute approximate surface area is 273 Å². The molecule has 9 heteroatoms. The van der Waals surface area contributed by atoms with Gasteiger partial charge in [-0.05, 0) is 143 Å². The molecule has 4 heterocycles. The molecule has 8 saturated carbocycles. The highest BCUT2D eigenvalue weighted by Gasteiger charge is 2.56. The van der Waals surface area contributed by atoms with Gasteiger partial charge in [0.25, 0.3) is 5.89 Å². The summed E-state index contributed by atoms with van der Waals surface area (Å²) in [4.78, 5) is 13.5. The van der Waals surface area contributed by atoms with E-state index in [1.807, 2.05) is 11.3 Å². The Balaban J connectivity index is 0.807. The van der Waals surface area contributed by atoms with Gasteiger partial charge in [-0.15, -0.1) is 22.7 Å². The van der Waals surface area contributed by atoms with Crippen LogP contribution in [0.1, 0.15) is 98.7 Å². The number of hydrogen-bond donors (Lipinski definition) is 2. The van der Waals surface area contributed by atoms with E-state index in [2.05, 4.69) is 52.4 Å². The van der Waals surface area contributed by atoms with Crippen LogP contribution in [0.4, 0.5) is 0 Å². The molecule has 8 aliphatic carbocycles. The zero-order chi connectivity index (χ0) is 29.8. The summed E-state index contributed by atoms with van der Waals surface area (Å²) in [7, 11) is 0. The van der Waals surface area contributed by atoms with Crippen molar-refractivity contribution < 1.29 is 8.94 Å². The van der Waals surface area contributed by atoms with Crippen LogP contribution in [-0.4, -0.2) is 26.2 Å². The zero-order valence-corrected chi connectivity index (χ0v) is 27.7. The molecule has 4 aromatic rings. The van der Waals surface area contributed by atoms with Gasteiger partial charge in [0.05, 0.1) is 22.0 Å². The summed E-state index contributed by atoms with van der Waals surface area (Å²) in [6, 6.07) is 8.75. The standard InChI is InChI=1S/C36H43N5O2S2/c1-20-27(39-33(42-20)29-3-2-6-44-29)18-37-36-15-24-10-25(16-36)32(26(11-24)17-36)28-4-5-30(45-28)34-40-31(41-43-34)19-38-35-12-21-7-22(13-35)9-23(8-21)14-35/h2-6,21-26,32,37-38H,7-19H2,1H3. The largest absolute Gasteiger partial charge is 0.440 e. The first-order valence-corrected chi connectivity index (χ1v) is 19.1. The van der Waals surface area contributed by atoms with Crippen LogP contribution < -0.4 is 10.6 Å². The fourth-order valence-corrected chi connectivity index (χ4v) is 13.6. The van der Waals surface area contributed by atoms with Gasteiger partial charge in [-0.2, -0.15) is 4.98 Å². The normalized spacial score (nSPS) is 37.7. The minimum atomic E-state index is 0.229. The van der Waals surface area contributed by atoms with Crippen LogP contribution in [0.15, 0.2) is 38.6 Å². The van der Waals surface area contributed by atoms with E-state index in [0.717, 1.165) is 81.5 Å². The smallest absolute Gasteiger partial charge is 0.268 e. The summed E-state index contributed by atoms with van der Waals surface area (Å²) in [5.74, 6) is 8.96. The average molecular weight is 642 g/mol. The maximum absolute atomic E-state index is 6.05. The molecule has 0 radical (unpaired) electrons. The van der Waals surface area contributed by atoms with Gasteiger partial charge < -0.3 is 19.6 Å². The molecule has 2 atom stereocenters. The van der Waals surface area contributed by atoms with Crippen molar-refractivity contribution in [2.75, 3.05) is 0 Å². The Hall–Kier alpha value is -2.33. The monoisotopic (exact) mass is 641 g/mol. The van der Waals surface area contributed by atoms with Crippen LogP contribution in [0.3, 0.4) is 0 Å². The SMILES string of the molecule is Cc1oc(-c2cccs2)nc1CNC12CC3CC(C1)C(c1ccc(-c4nc(CNC56CC7CC(CC(C7)C5)C6)no4)s1)C(C3)C2. The number of aryl methyl sites for hydroxylation is 1. The minimum Gasteiger partial charge on any atom is -0.440 e. The fraction of sp³-hybridized carbons (Fsp3) is 0.639. The highest BCUT2D eigenvalue weighted by Crippen LogP contribution is 2.62. The Morgan fingerprint density at radius 1 is 0.778 bits per heavy atom. The summed E-state index contributed by atoms with van der Waals surface area (Å²) in [6.45, 7) is 3.57. The number of thiophene rings is 2. The van der Waals surface area contributed by atoms with E-state index in [0.29, 0.717) is 17.3 Å². The summed E-state index contributed by atoms with van der Waals surface area (Å²) in [5, 5.41) is 14.5. The molecule has 8 fully saturated rings. The average Bonchev–Trinajstić information content (AvgIpc) is 3.82. The van der Waals surface area contributed by atoms with E-state index in [4.69, 9.17) is 18.9 Å². The van der Waals surface area contributed by atoms with E-state index < -0.39 is 0 Å². The lowest BCUT2D eigenvalue weighted by molar-refractivity contribution is -0.0383. The highest BCUT2D eigenvalue weighted by molar-refractivity contribution is 7.15. The summed E-state index contributed by atoms with van der Waals surface area (Å²) in [5.41, 5.74) is 1.60. The van der Waals surface area contributed by atoms with Crippen LogP contribution >= 0.6 is 22.7 Å². The number of oxazole rings is 1. The summed E-state index contributed by atoms with van der Waals surface area (Å²) < 4.78 is 11.9. The molecule has 45 heavy (non-hydrogen) atoms. The summed E-state index contributed by atoms with van der Waals surface area (Å²) in [6.07, 6.45) is 15.0. The minimum absolute atomic E-state index is 0.229. The number of nitrogens with one attached hydrogen (secondary N) is 2. The van der Waals surface area contributed by atoms with Gasteiger partial charge in [-0.3, -0.25) is 0 Å². The van der Waals surface area contributed by atoms with Gasteiger partial charge in [0.2, 0.25) is 5.89 Å². The van der Waals surface area contributed by atoms with E-state index in [9.17, 15) is 0 Å². The van der Waals surface area contributed by atoms with E-state index in [-0.39, 0.29) is 5.54 Å². The molecule has 0 aromatic carbocycles. The lowest BCUT2D eigenvalue weighted by Crippen LogP contribution is -2.60. The first-order valence-electron chi connectivity index (χ1n) is 17.4. The van der Waals surface area contributed by atoms with Crippen molar-refractivity contribution in [1.82, 2.24) is 25.8 Å². The third-order valence-electron chi connectivity index (χ3n) is 12.8. The Morgan fingerprint density at radius 2 is 1.47 bits per heavy atom. The summed E-state index contributed by atoms with van der Waals surface area (Å²) >= 11 is 3.58. The Kier molecular flexibility index (Phi) is 6.37. The number of nitrogens with zero attached hydrogens (tertiary/aromatic N) is 3. The molecule has 2 N–H and O–H groups in total. The molecular formula is C36H43N5O2S2. The maximum atomic E-state index is 6.05. The van der Waals surface area contributed by atoms with Gasteiger partial charge >= 0.3 is 0 Å². The third-order valence-corrected chi connectivity index (χ3v) is 14.9. The Morgan fingerprint density at radius 3 is 2.18 bits per heavy atom. The van der Waals surface area contributed by atoms with Crippen molar-refractivity contribution >= 4 is 22.7 Å². The zero-order valence-electron chi connectivity index (χ0n) is 26.1. The van der Waals surface area contributed by atoms with Crippen molar-refractivity contribution in [2.45, 2.75) is 108 Å². The quantitative estimate of drug-likeness (QED) is 0.190. The van der Waals surface area contributed by atoms with Crippen molar-refractivity contribution in [1.29, 1.82) is 0 Å². The van der Waals surface area contributed by atoms with Crippen LogP contribution in [0.2, 0.25) is 0 Å². The van der Waals surface area contributed by atoms with Crippen LogP contribution in [0, 0.1) is 42.4 Å². The second-order valence-corrected chi connectivity index (χ2v) is 18.0. The maximum Gasteiger partial charge on any atom is 0.268 e. The second-order valence-electron chi connectivity index (χ2n) is 15.9. The van der Waals surface area contributed by atoms with Gasteiger partial charge in [0, 0.05) is 22.5 Å². The molecular weight excluding hydrogens is 599 g/mol. The number of hydrogen-bond acceptors (Lipinski definition) is 9. The topological polar surface area (TPSA) is 89.0 Å². The van der Waals surface area contributed by atoms with E-state index in [1.165, 1.54) is 75.5 Å². The molecule has 12 rings (SSSR count). The molecule has 4 aromatic heterocycles. The van der Waals surface area contributed by atoms with Crippen molar-refractivity contribution in [3.63, 3.8) is 0 Å². The molecule has 0 aliphatic heterocycles. The van der Waals surface area contributed by atoms with Crippen LogP contribution in [0.25, 0.3) is 21.5 Å². The molecule has 236 valence electrons. The first-order chi connectivity index (χ1) is 22.0. The van der Waals surface area contributed by atoms with Gasteiger partial charge in [0.1, 0.15) is 5.76 Å². The number of aromatic nitrogens is 3. The predicted molar refractivity (Wildman–Crippen MR) is 176 cm³/mol. The van der Waals surface area contributed by atoms with Crippen LogP contribution in [-0.2, 0) is 13.1 Å². The molecule has 8 aliphatic rings. The molecule has 2 unspecified atom stereocenters. The molecule has 0 spiro atoms. The third kappa shape index (κ3) is 4.82. The number of rotatable bonds is 9. The van der Waals surface area contributed by atoms with Crippen molar-refractivity contribution in [2.24, 2.45) is 35.5 Å². The van der Waals surface area contributed by atoms with Gasteiger partial charge in [-0.25, -0.2) is 4.98 Å². The Bertz CT molecular complexity index is 1650. The molecule has 0 amide bonds. The van der Waals surface area contributed by atoms with Crippen molar-refractivity contribution in [3.05, 3.63) is 51.8 Å². The molecule has 7 nitrogen and oxygen atoms in total. The van der Waals surface area contributed by atoms with Crippen molar-refractivity contribution in [3.8, 4) is 21.5 Å². The highest BCUT2D eigenvalue weighted by atomic mass is 32.1.